The third kappa shape index (κ3) is 2.80. The Balaban J connectivity index is 1.89. The molecule has 1 N–H and O–H groups in total. The third-order valence-corrected chi connectivity index (χ3v) is 3.54. The van der Waals surface area contributed by atoms with E-state index < -0.39 is 0 Å². The molecule has 0 unspecified atom stereocenters. The van der Waals surface area contributed by atoms with Gasteiger partial charge < -0.3 is 19.2 Å². The lowest BCUT2D eigenvalue weighted by Crippen LogP contribution is -2.15. The average Bonchev–Trinajstić information content (AvgIpc) is 3.20. The molecule has 1 heterocycles. The van der Waals surface area contributed by atoms with E-state index in [0.29, 0.717) is 6.04 Å². The van der Waals surface area contributed by atoms with Gasteiger partial charge in [0.2, 0.25) is 0 Å². The minimum Gasteiger partial charge on any atom is -0.497 e. The molecule has 0 saturated heterocycles. The van der Waals surface area contributed by atoms with Gasteiger partial charge in [-0.15, -0.1) is 0 Å². The molecule has 1 saturated carbocycles. The monoisotopic (exact) mass is 273 g/mol. The van der Waals surface area contributed by atoms with E-state index >= 15 is 0 Å². The summed E-state index contributed by atoms with van der Waals surface area (Å²) >= 11 is 0. The van der Waals surface area contributed by atoms with Crippen molar-refractivity contribution in [2.24, 2.45) is 0 Å². The summed E-state index contributed by atoms with van der Waals surface area (Å²) in [5.41, 5.74) is 2.12. The Hall–Kier alpha value is -1.94. The first-order valence-electron chi connectivity index (χ1n) is 6.83. The molecule has 1 fully saturated rings. The van der Waals surface area contributed by atoms with E-state index in [9.17, 15) is 0 Å². The molecule has 2 aromatic rings. The second-order valence-electron chi connectivity index (χ2n) is 5.01. The van der Waals surface area contributed by atoms with Crippen LogP contribution >= 0.6 is 0 Å². The summed E-state index contributed by atoms with van der Waals surface area (Å²) < 4.78 is 16.2. The maximum atomic E-state index is 5.60. The van der Waals surface area contributed by atoms with Crippen LogP contribution in [0.25, 0.3) is 11.1 Å². The Morgan fingerprint density at radius 2 is 1.85 bits per heavy atom. The summed E-state index contributed by atoms with van der Waals surface area (Å²) in [6, 6.07) is 8.50. The van der Waals surface area contributed by atoms with Gasteiger partial charge in [0.25, 0.3) is 0 Å². The first kappa shape index (κ1) is 13.1. The second-order valence-corrected chi connectivity index (χ2v) is 5.01. The largest absolute Gasteiger partial charge is 0.497 e. The summed E-state index contributed by atoms with van der Waals surface area (Å²) in [7, 11) is 3.31. The lowest BCUT2D eigenvalue weighted by atomic mass is 10.1. The standard InChI is InChI=1S/C16H19NO3/c1-18-13-7-11(8-14(9-13)19-2)15-5-6-20-16(15)10-17-12-3-4-12/h5-9,12,17H,3-4,10H2,1-2H3. The van der Waals surface area contributed by atoms with Crippen LogP contribution in [0.15, 0.2) is 34.9 Å². The van der Waals surface area contributed by atoms with Crippen LogP contribution in [-0.4, -0.2) is 20.3 Å². The molecule has 0 spiro atoms. The molecule has 4 heteroatoms. The SMILES string of the molecule is COc1cc(OC)cc(-c2ccoc2CNC2CC2)c1. The fraction of sp³-hybridized carbons (Fsp3) is 0.375. The van der Waals surface area contributed by atoms with Gasteiger partial charge >= 0.3 is 0 Å². The van der Waals surface area contributed by atoms with Crippen molar-refractivity contribution in [2.45, 2.75) is 25.4 Å². The van der Waals surface area contributed by atoms with Crippen LogP contribution in [-0.2, 0) is 6.54 Å². The molecule has 1 aromatic heterocycles. The van der Waals surface area contributed by atoms with E-state index in [1.165, 1.54) is 12.8 Å². The zero-order valence-electron chi connectivity index (χ0n) is 11.8. The fourth-order valence-corrected chi connectivity index (χ4v) is 2.22. The molecule has 0 atom stereocenters. The van der Waals surface area contributed by atoms with E-state index in [1.807, 2.05) is 24.3 Å². The van der Waals surface area contributed by atoms with Gasteiger partial charge in [-0.05, 0) is 36.6 Å². The van der Waals surface area contributed by atoms with Crippen molar-refractivity contribution in [3.05, 3.63) is 36.3 Å². The van der Waals surface area contributed by atoms with Crippen LogP contribution in [0.3, 0.4) is 0 Å². The van der Waals surface area contributed by atoms with Crippen molar-refractivity contribution < 1.29 is 13.9 Å². The highest BCUT2D eigenvalue weighted by Crippen LogP contribution is 2.32. The Bertz CT molecular complexity index is 565. The molecule has 4 nitrogen and oxygen atoms in total. The van der Waals surface area contributed by atoms with Crippen LogP contribution in [0, 0.1) is 0 Å². The summed E-state index contributed by atoms with van der Waals surface area (Å²) in [6.07, 6.45) is 4.26. The molecule has 0 aliphatic heterocycles. The van der Waals surface area contributed by atoms with E-state index in [4.69, 9.17) is 13.9 Å². The second kappa shape index (κ2) is 5.59. The van der Waals surface area contributed by atoms with Crippen molar-refractivity contribution in [1.29, 1.82) is 0 Å². The molecular formula is C16H19NO3. The molecule has 0 amide bonds. The van der Waals surface area contributed by atoms with Crippen molar-refractivity contribution >= 4 is 0 Å². The van der Waals surface area contributed by atoms with Gasteiger partial charge in [-0.1, -0.05) is 0 Å². The molecular weight excluding hydrogens is 254 g/mol. The highest BCUT2D eigenvalue weighted by Gasteiger charge is 2.21. The maximum absolute atomic E-state index is 5.60. The van der Waals surface area contributed by atoms with Gasteiger partial charge in [0.1, 0.15) is 17.3 Å². The van der Waals surface area contributed by atoms with Gasteiger partial charge in [0, 0.05) is 17.7 Å². The Morgan fingerprint density at radius 3 is 2.45 bits per heavy atom. The number of benzene rings is 1. The number of ether oxygens (including phenoxy) is 2. The van der Waals surface area contributed by atoms with Crippen molar-refractivity contribution in [3.8, 4) is 22.6 Å². The van der Waals surface area contributed by atoms with Crippen LogP contribution in [0.4, 0.5) is 0 Å². The average molecular weight is 273 g/mol. The van der Waals surface area contributed by atoms with Gasteiger partial charge in [-0.3, -0.25) is 0 Å². The van der Waals surface area contributed by atoms with E-state index in [2.05, 4.69) is 5.32 Å². The highest BCUT2D eigenvalue weighted by atomic mass is 16.5. The van der Waals surface area contributed by atoms with Crippen LogP contribution in [0.2, 0.25) is 0 Å². The highest BCUT2D eigenvalue weighted by molar-refractivity contribution is 5.69. The molecule has 106 valence electrons. The zero-order valence-corrected chi connectivity index (χ0v) is 11.8. The number of methoxy groups -OCH3 is 2. The first-order valence-corrected chi connectivity index (χ1v) is 6.83. The Morgan fingerprint density at radius 1 is 1.15 bits per heavy atom. The normalized spacial score (nSPS) is 14.3. The molecule has 1 aromatic carbocycles. The molecule has 0 radical (unpaired) electrons. The maximum Gasteiger partial charge on any atom is 0.125 e. The van der Waals surface area contributed by atoms with E-state index in [0.717, 1.165) is 34.9 Å². The van der Waals surface area contributed by atoms with E-state index in [-0.39, 0.29) is 0 Å². The van der Waals surface area contributed by atoms with Crippen LogP contribution < -0.4 is 14.8 Å². The molecule has 1 aliphatic rings. The minimum atomic E-state index is 0.660. The minimum absolute atomic E-state index is 0.660. The number of nitrogens with one attached hydrogen (secondary N) is 1. The van der Waals surface area contributed by atoms with Crippen LogP contribution in [0.1, 0.15) is 18.6 Å². The molecule has 1 aliphatic carbocycles. The Kier molecular flexibility index (Phi) is 3.65. The number of hydrogen-bond donors (Lipinski definition) is 1. The predicted molar refractivity (Wildman–Crippen MR) is 77.1 cm³/mol. The van der Waals surface area contributed by atoms with Crippen molar-refractivity contribution in [1.82, 2.24) is 5.32 Å². The number of furan rings is 1. The fourth-order valence-electron chi connectivity index (χ4n) is 2.22. The van der Waals surface area contributed by atoms with Gasteiger partial charge in [-0.25, -0.2) is 0 Å². The number of rotatable bonds is 6. The summed E-state index contributed by atoms with van der Waals surface area (Å²) in [5, 5.41) is 3.47. The Labute approximate surface area is 118 Å². The van der Waals surface area contributed by atoms with Gasteiger partial charge in [0.15, 0.2) is 0 Å². The smallest absolute Gasteiger partial charge is 0.125 e. The van der Waals surface area contributed by atoms with E-state index in [1.54, 1.807) is 20.5 Å². The quantitative estimate of drug-likeness (QED) is 0.877. The molecule has 20 heavy (non-hydrogen) atoms. The molecule has 3 rings (SSSR count). The zero-order chi connectivity index (χ0) is 13.9. The van der Waals surface area contributed by atoms with Gasteiger partial charge in [0.05, 0.1) is 27.0 Å². The third-order valence-electron chi connectivity index (χ3n) is 3.54. The summed E-state index contributed by atoms with van der Waals surface area (Å²) in [4.78, 5) is 0. The summed E-state index contributed by atoms with van der Waals surface area (Å²) in [6.45, 7) is 0.756. The van der Waals surface area contributed by atoms with Gasteiger partial charge in [-0.2, -0.15) is 0 Å². The first-order chi connectivity index (χ1) is 9.80. The molecule has 0 bridgehead atoms. The summed E-state index contributed by atoms with van der Waals surface area (Å²) in [5.74, 6) is 2.51. The lowest BCUT2D eigenvalue weighted by molar-refractivity contribution is 0.394. The predicted octanol–water partition coefficient (Wildman–Crippen LogP) is 3.22. The number of hydrogen-bond acceptors (Lipinski definition) is 4. The lowest BCUT2D eigenvalue weighted by Gasteiger charge is -2.09. The van der Waals surface area contributed by atoms with Crippen LogP contribution in [0.5, 0.6) is 11.5 Å². The topological polar surface area (TPSA) is 43.6 Å². The van der Waals surface area contributed by atoms with Crippen molar-refractivity contribution in [3.63, 3.8) is 0 Å². The van der Waals surface area contributed by atoms with Crippen molar-refractivity contribution in [2.75, 3.05) is 14.2 Å².